The second kappa shape index (κ2) is 3.94. The Kier molecular flexibility index (Phi) is 2.76. The third-order valence-corrected chi connectivity index (χ3v) is 2.70. The van der Waals surface area contributed by atoms with Crippen LogP contribution >= 0.6 is 0 Å². The van der Waals surface area contributed by atoms with Crippen molar-refractivity contribution in [2.24, 2.45) is 0 Å². The van der Waals surface area contributed by atoms with E-state index < -0.39 is 17.8 Å². The van der Waals surface area contributed by atoms with E-state index >= 15 is 0 Å². The van der Waals surface area contributed by atoms with Gasteiger partial charge in [-0.2, -0.15) is 13.2 Å². The van der Waals surface area contributed by atoms with Gasteiger partial charge in [0.15, 0.2) is 0 Å². The van der Waals surface area contributed by atoms with Crippen LogP contribution in [-0.2, 0) is 6.18 Å². The molecule has 2 rings (SSSR count). The number of aliphatic hydroxyl groups is 1. The van der Waals surface area contributed by atoms with Gasteiger partial charge in [-0.3, -0.25) is 0 Å². The zero-order valence-electron chi connectivity index (χ0n) is 8.41. The van der Waals surface area contributed by atoms with Crippen molar-refractivity contribution >= 4 is 0 Å². The molecule has 1 N–H and O–H groups in total. The van der Waals surface area contributed by atoms with Crippen LogP contribution in [0.2, 0.25) is 0 Å². The fourth-order valence-corrected chi connectivity index (χ4v) is 1.87. The molecule has 1 aliphatic carbocycles. The number of hydrogen-bond donors (Lipinski definition) is 1. The van der Waals surface area contributed by atoms with Gasteiger partial charge < -0.3 is 5.11 Å². The third kappa shape index (κ3) is 2.27. The van der Waals surface area contributed by atoms with Gasteiger partial charge in [0.2, 0.25) is 0 Å². The van der Waals surface area contributed by atoms with Crippen LogP contribution < -0.4 is 0 Å². The maximum atomic E-state index is 12.5. The fraction of sp³-hybridized carbons (Fsp3) is 0.333. The Balaban J connectivity index is 2.27. The molecule has 0 radical (unpaired) electrons. The number of benzene rings is 1. The maximum absolute atomic E-state index is 12.5. The van der Waals surface area contributed by atoms with Crippen LogP contribution in [0.25, 0.3) is 0 Å². The van der Waals surface area contributed by atoms with E-state index in [2.05, 4.69) is 0 Å². The molecule has 0 aliphatic heterocycles. The van der Waals surface area contributed by atoms with E-state index in [-0.39, 0.29) is 5.92 Å². The topological polar surface area (TPSA) is 20.2 Å². The van der Waals surface area contributed by atoms with Crippen molar-refractivity contribution in [3.63, 3.8) is 0 Å². The summed E-state index contributed by atoms with van der Waals surface area (Å²) in [5, 5.41) is 9.28. The Labute approximate surface area is 91.2 Å². The monoisotopic (exact) mass is 228 g/mol. The molecule has 0 heterocycles. The van der Waals surface area contributed by atoms with Crippen molar-refractivity contribution in [3.05, 3.63) is 47.5 Å². The fourth-order valence-electron chi connectivity index (χ4n) is 1.87. The van der Waals surface area contributed by atoms with Crippen molar-refractivity contribution in [2.45, 2.75) is 24.6 Å². The molecular formula is C12H11F3O. The Morgan fingerprint density at radius 1 is 1.19 bits per heavy atom. The van der Waals surface area contributed by atoms with Crippen LogP contribution in [0.4, 0.5) is 13.2 Å². The average molecular weight is 228 g/mol. The number of rotatable bonds is 1. The maximum Gasteiger partial charge on any atom is 0.416 e. The highest BCUT2D eigenvalue weighted by molar-refractivity contribution is 5.32. The lowest BCUT2D eigenvalue weighted by Gasteiger charge is -2.12. The van der Waals surface area contributed by atoms with Crippen molar-refractivity contribution in [3.8, 4) is 0 Å². The third-order valence-electron chi connectivity index (χ3n) is 2.70. The van der Waals surface area contributed by atoms with Crippen LogP contribution in [0.1, 0.15) is 23.5 Å². The summed E-state index contributed by atoms with van der Waals surface area (Å²) in [4.78, 5) is 0. The first-order valence-corrected chi connectivity index (χ1v) is 5.00. The van der Waals surface area contributed by atoms with Gasteiger partial charge in [0.25, 0.3) is 0 Å². The van der Waals surface area contributed by atoms with Gasteiger partial charge in [0.1, 0.15) is 0 Å². The molecule has 0 saturated heterocycles. The largest absolute Gasteiger partial charge is 0.416 e. The zero-order chi connectivity index (χ0) is 11.8. The average Bonchev–Trinajstić information content (AvgIpc) is 2.64. The quantitative estimate of drug-likeness (QED) is 0.732. The second-order valence-electron chi connectivity index (χ2n) is 3.92. The van der Waals surface area contributed by atoms with Gasteiger partial charge in [-0.15, -0.1) is 0 Å². The van der Waals surface area contributed by atoms with Gasteiger partial charge in [-0.25, -0.2) is 0 Å². The predicted molar refractivity (Wildman–Crippen MR) is 53.9 cm³/mol. The molecule has 0 saturated carbocycles. The van der Waals surface area contributed by atoms with Crippen molar-refractivity contribution in [1.29, 1.82) is 0 Å². The lowest BCUT2D eigenvalue weighted by molar-refractivity contribution is -0.137. The molecule has 1 nitrogen and oxygen atoms in total. The van der Waals surface area contributed by atoms with Crippen LogP contribution in [0.15, 0.2) is 36.4 Å². The molecule has 1 aliphatic rings. The van der Waals surface area contributed by atoms with E-state index in [4.69, 9.17) is 0 Å². The summed E-state index contributed by atoms with van der Waals surface area (Å²) in [6.45, 7) is 0. The Hall–Kier alpha value is -1.29. The zero-order valence-corrected chi connectivity index (χ0v) is 8.41. The number of alkyl halides is 3. The van der Waals surface area contributed by atoms with Crippen LogP contribution in [-0.4, -0.2) is 11.2 Å². The molecule has 0 bridgehead atoms. The molecule has 1 aromatic carbocycles. The molecule has 0 unspecified atom stereocenters. The van der Waals surface area contributed by atoms with Gasteiger partial charge in [-0.1, -0.05) is 30.4 Å². The van der Waals surface area contributed by atoms with Crippen molar-refractivity contribution in [1.82, 2.24) is 0 Å². The Bertz CT molecular complexity index is 409. The molecule has 0 aromatic heterocycles. The molecule has 1 aromatic rings. The van der Waals surface area contributed by atoms with Crippen molar-refractivity contribution < 1.29 is 18.3 Å². The summed E-state index contributed by atoms with van der Waals surface area (Å²) in [5.41, 5.74) is -0.0394. The van der Waals surface area contributed by atoms with Gasteiger partial charge >= 0.3 is 6.18 Å². The van der Waals surface area contributed by atoms with E-state index in [1.54, 1.807) is 18.2 Å². The van der Waals surface area contributed by atoms with E-state index in [1.165, 1.54) is 6.07 Å². The van der Waals surface area contributed by atoms with Gasteiger partial charge in [0.05, 0.1) is 11.7 Å². The Morgan fingerprint density at radius 3 is 2.50 bits per heavy atom. The van der Waals surface area contributed by atoms with E-state index in [0.717, 1.165) is 12.1 Å². The molecule has 0 spiro atoms. The predicted octanol–water partition coefficient (Wildman–Crippen LogP) is 3.11. The first kappa shape index (κ1) is 11.2. The molecule has 4 heteroatoms. The highest BCUT2D eigenvalue weighted by atomic mass is 19.4. The summed E-state index contributed by atoms with van der Waals surface area (Å²) in [5.74, 6) is -0.114. The minimum Gasteiger partial charge on any atom is -0.389 e. The number of allylic oxidation sites excluding steroid dienone is 1. The standard InChI is InChI=1S/C12H11F3O/c13-12(14,15)10-3-1-2-8(6-10)9-4-5-11(16)7-9/h1-6,9,11,16H,7H2/t9-,11+/m0/s1. The van der Waals surface area contributed by atoms with E-state index in [1.807, 2.05) is 0 Å². The number of hydrogen-bond acceptors (Lipinski definition) is 1. The summed E-state index contributed by atoms with van der Waals surface area (Å²) in [6, 6.07) is 5.25. The minimum atomic E-state index is -4.31. The molecule has 16 heavy (non-hydrogen) atoms. The first-order chi connectivity index (χ1) is 7.47. The molecule has 0 fully saturated rings. The first-order valence-electron chi connectivity index (χ1n) is 5.00. The molecular weight excluding hydrogens is 217 g/mol. The smallest absolute Gasteiger partial charge is 0.389 e. The van der Waals surface area contributed by atoms with Crippen LogP contribution in [0.5, 0.6) is 0 Å². The summed E-state index contributed by atoms with van der Waals surface area (Å²) in [6.07, 6.45) is -1.02. The lowest BCUT2D eigenvalue weighted by atomic mass is 9.96. The number of aliphatic hydroxyl groups excluding tert-OH is 1. The van der Waals surface area contributed by atoms with Gasteiger partial charge in [0, 0.05) is 5.92 Å². The van der Waals surface area contributed by atoms with Gasteiger partial charge in [-0.05, 0) is 18.1 Å². The highest BCUT2D eigenvalue weighted by Gasteiger charge is 2.31. The molecule has 2 atom stereocenters. The minimum absolute atomic E-state index is 0.114. The second-order valence-corrected chi connectivity index (χ2v) is 3.92. The summed E-state index contributed by atoms with van der Waals surface area (Å²) < 4.78 is 37.4. The summed E-state index contributed by atoms with van der Waals surface area (Å²) in [7, 11) is 0. The van der Waals surface area contributed by atoms with E-state index in [0.29, 0.717) is 12.0 Å². The number of halogens is 3. The van der Waals surface area contributed by atoms with Crippen LogP contribution in [0, 0.1) is 0 Å². The van der Waals surface area contributed by atoms with Crippen LogP contribution in [0.3, 0.4) is 0 Å². The molecule has 0 amide bonds. The lowest BCUT2D eigenvalue weighted by Crippen LogP contribution is -2.06. The summed E-state index contributed by atoms with van der Waals surface area (Å²) >= 11 is 0. The Morgan fingerprint density at radius 2 is 1.94 bits per heavy atom. The van der Waals surface area contributed by atoms with E-state index in [9.17, 15) is 18.3 Å². The molecule has 86 valence electrons. The van der Waals surface area contributed by atoms with Crippen molar-refractivity contribution in [2.75, 3.05) is 0 Å². The normalized spacial score (nSPS) is 25.0. The SMILES string of the molecule is O[C@@H]1C=C[C@H](c2cccc(C(F)(F)F)c2)C1. The highest BCUT2D eigenvalue weighted by Crippen LogP contribution is 2.34.